The molecular formula is C27H27F5N2O6S. The first-order chi connectivity index (χ1) is 19.3. The van der Waals surface area contributed by atoms with Crippen LogP contribution in [-0.4, -0.2) is 60.3 Å². The summed E-state index contributed by atoms with van der Waals surface area (Å²) < 4.78 is 97.7. The SMILES string of the molecule is O=C(c1cc(C2CC2)c(CN2CCC(Oc3ccc(F)cc3)CC2)cc1F)N(OC(=O)C(F)(F)F)S(=O)(=O)C1CC1. The van der Waals surface area contributed by atoms with Gasteiger partial charge in [0.2, 0.25) is 0 Å². The van der Waals surface area contributed by atoms with E-state index in [1.54, 1.807) is 12.1 Å². The fourth-order valence-corrected chi connectivity index (χ4v) is 6.28. The summed E-state index contributed by atoms with van der Waals surface area (Å²) >= 11 is 0. The van der Waals surface area contributed by atoms with Crippen LogP contribution in [0.25, 0.3) is 0 Å². The van der Waals surface area contributed by atoms with Crippen molar-refractivity contribution in [1.82, 2.24) is 9.37 Å². The molecule has 3 aliphatic rings. The van der Waals surface area contributed by atoms with Crippen LogP contribution in [0.4, 0.5) is 22.0 Å². The molecule has 0 aromatic heterocycles. The summed E-state index contributed by atoms with van der Waals surface area (Å²) in [6.45, 7) is 1.55. The molecule has 2 aromatic carbocycles. The number of alkyl halides is 3. The minimum absolute atomic E-state index is 0.0253. The third-order valence-corrected chi connectivity index (χ3v) is 9.28. The standard InChI is InChI=1S/C27H27F5N2O6S/c28-18-3-5-19(6-4-18)39-20-9-11-33(12-10-20)15-17-13-24(29)23(14-22(17)16-1-2-16)25(35)34(40-26(36)27(30,31)32)41(37,38)21-7-8-21/h3-6,13-14,16,20-21H,1-2,7-12,15H2. The van der Waals surface area contributed by atoms with Crippen LogP contribution in [0.2, 0.25) is 0 Å². The molecule has 2 aliphatic carbocycles. The van der Waals surface area contributed by atoms with Gasteiger partial charge in [-0.15, -0.1) is 0 Å². The van der Waals surface area contributed by atoms with Crippen molar-refractivity contribution in [2.75, 3.05) is 13.1 Å². The van der Waals surface area contributed by atoms with Gasteiger partial charge in [0.05, 0.1) is 10.8 Å². The highest BCUT2D eigenvalue weighted by Crippen LogP contribution is 2.43. The lowest BCUT2D eigenvalue weighted by molar-refractivity contribution is -0.217. The van der Waals surface area contributed by atoms with Gasteiger partial charge in [0.25, 0.3) is 10.0 Å². The number of hydrogen-bond donors (Lipinski definition) is 0. The second-order valence-electron chi connectivity index (χ2n) is 10.5. The summed E-state index contributed by atoms with van der Waals surface area (Å²) in [5.74, 6) is -5.56. The number of likely N-dealkylation sites (tertiary alicyclic amines) is 1. The smallest absolute Gasteiger partial charge is 0.490 e. The van der Waals surface area contributed by atoms with Gasteiger partial charge in [-0.1, -0.05) is 4.47 Å². The Morgan fingerprint density at radius 1 is 0.951 bits per heavy atom. The molecule has 5 rings (SSSR count). The molecule has 3 fully saturated rings. The normalized spacial score (nSPS) is 18.7. The number of amides is 1. The summed E-state index contributed by atoms with van der Waals surface area (Å²) in [6, 6.07) is 7.98. The van der Waals surface area contributed by atoms with Gasteiger partial charge in [0.15, 0.2) is 0 Å². The van der Waals surface area contributed by atoms with E-state index in [1.807, 2.05) is 0 Å². The molecule has 0 N–H and O–H groups in total. The quantitative estimate of drug-likeness (QED) is 0.315. The molecule has 222 valence electrons. The summed E-state index contributed by atoms with van der Waals surface area (Å²) in [7, 11) is -4.79. The van der Waals surface area contributed by atoms with Gasteiger partial charge < -0.3 is 9.57 Å². The second-order valence-corrected chi connectivity index (χ2v) is 12.5. The van der Waals surface area contributed by atoms with Crippen LogP contribution < -0.4 is 4.74 Å². The monoisotopic (exact) mass is 602 g/mol. The number of ether oxygens (including phenoxy) is 1. The largest absolute Gasteiger partial charge is 0.493 e. The average Bonchev–Trinajstić information content (AvgIpc) is 3.81. The molecule has 2 saturated carbocycles. The predicted octanol–water partition coefficient (Wildman–Crippen LogP) is 4.84. The Morgan fingerprint density at radius 2 is 1.59 bits per heavy atom. The number of carbonyl (C=O) groups is 2. The first-order valence-corrected chi connectivity index (χ1v) is 14.7. The third kappa shape index (κ3) is 6.80. The molecular weight excluding hydrogens is 575 g/mol. The number of hydrogen-bond acceptors (Lipinski definition) is 7. The zero-order valence-electron chi connectivity index (χ0n) is 21.7. The molecule has 0 unspecified atom stereocenters. The maximum Gasteiger partial charge on any atom is 0.493 e. The second kappa shape index (κ2) is 11.2. The summed E-state index contributed by atoms with van der Waals surface area (Å²) in [6.07, 6.45) is -2.72. The Bertz CT molecular complexity index is 1420. The lowest BCUT2D eigenvalue weighted by atomic mass is 9.97. The zero-order valence-corrected chi connectivity index (χ0v) is 22.5. The van der Waals surface area contributed by atoms with E-state index in [9.17, 15) is 35.6 Å². The molecule has 0 bridgehead atoms. The first-order valence-electron chi connectivity index (χ1n) is 13.2. The van der Waals surface area contributed by atoms with Gasteiger partial charge >= 0.3 is 18.1 Å². The van der Waals surface area contributed by atoms with Gasteiger partial charge in [0, 0.05) is 19.6 Å². The molecule has 1 amide bonds. The number of sulfonamides is 1. The number of rotatable bonds is 8. The molecule has 1 heterocycles. The van der Waals surface area contributed by atoms with E-state index in [0.717, 1.165) is 25.0 Å². The Balaban J connectivity index is 1.32. The Labute approximate surface area is 233 Å². The van der Waals surface area contributed by atoms with Crippen LogP contribution in [0, 0.1) is 11.6 Å². The third-order valence-electron chi connectivity index (χ3n) is 7.26. The van der Waals surface area contributed by atoms with E-state index >= 15 is 4.39 Å². The van der Waals surface area contributed by atoms with Crippen LogP contribution in [0.3, 0.4) is 0 Å². The fraction of sp³-hybridized carbons (Fsp3) is 0.481. The number of hydroxylamine groups is 1. The minimum atomic E-state index is -5.57. The highest BCUT2D eigenvalue weighted by Gasteiger charge is 2.50. The van der Waals surface area contributed by atoms with Crippen LogP contribution in [-0.2, 0) is 26.2 Å². The van der Waals surface area contributed by atoms with Gasteiger partial charge in [0.1, 0.15) is 23.5 Å². The number of benzene rings is 2. The minimum Gasteiger partial charge on any atom is -0.490 e. The Hall–Kier alpha value is -3.26. The molecule has 1 aliphatic heterocycles. The molecule has 41 heavy (non-hydrogen) atoms. The average molecular weight is 603 g/mol. The molecule has 14 heteroatoms. The van der Waals surface area contributed by atoms with E-state index < -0.39 is 49.2 Å². The van der Waals surface area contributed by atoms with Gasteiger partial charge in [-0.2, -0.15) is 13.2 Å². The molecule has 0 radical (unpaired) electrons. The predicted molar refractivity (Wildman–Crippen MR) is 134 cm³/mol. The van der Waals surface area contributed by atoms with Crippen molar-refractivity contribution in [2.45, 2.75) is 68.5 Å². The summed E-state index contributed by atoms with van der Waals surface area (Å²) in [5.41, 5.74) is 0.370. The van der Waals surface area contributed by atoms with Gasteiger partial charge in [-0.25, -0.2) is 22.0 Å². The van der Waals surface area contributed by atoms with Crippen LogP contribution in [0.15, 0.2) is 36.4 Å². The van der Waals surface area contributed by atoms with Crippen molar-refractivity contribution in [2.24, 2.45) is 0 Å². The van der Waals surface area contributed by atoms with Gasteiger partial charge in [-0.05, 0) is 92.0 Å². The molecule has 1 saturated heterocycles. The number of nitrogens with zero attached hydrogens (tertiary/aromatic N) is 2. The van der Waals surface area contributed by atoms with Crippen LogP contribution >= 0.6 is 0 Å². The van der Waals surface area contributed by atoms with E-state index in [0.29, 0.717) is 49.4 Å². The lowest BCUT2D eigenvalue weighted by Gasteiger charge is -2.32. The molecule has 0 spiro atoms. The van der Waals surface area contributed by atoms with E-state index in [-0.39, 0.29) is 30.7 Å². The number of halogens is 5. The highest BCUT2D eigenvalue weighted by atomic mass is 32.2. The fourth-order valence-electron chi connectivity index (χ4n) is 4.77. The highest BCUT2D eigenvalue weighted by molar-refractivity contribution is 7.90. The van der Waals surface area contributed by atoms with Crippen molar-refractivity contribution in [1.29, 1.82) is 0 Å². The number of carbonyl (C=O) groups excluding carboxylic acids is 2. The van der Waals surface area contributed by atoms with Crippen molar-refractivity contribution < 1.29 is 49.5 Å². The Kier molecular flexibility index (Phi) is 7.99. The van der Waals surface area contributed by atoms with Crippen molar-refractivity contribution in [3.63, 3.8) is 0 Å². The number of piperidine rings is 1. The van der Waals surface area contributed by atoms with E-state index in [4.69, 9.17) is 4.74 Å². The summed E-state index contributed by atoms with van der Waals surface area (Å²) in [5, 5.41) is -1.20. The first kappa shape index (κ1) is 29.2. The van der Waals surface area contributed by atoms with E-state index in [1.165, 1.54) is 12.1 Å². The van der Waals surface area contributed by atoms with Crippen molar-refractivity contribution in [3.8, 4) is 5.75 Å². The lowest BCUT2D eigenvalue weighted by Crippen LogP contribution is -2.44. The van der Waals surface area contributed by atoms with Gasteiger partial charge in [-0.3, -0.25) is 9.69 Å². The molecule has 2 aromatic rings. The van der Waals surface area contributed by atoms with Crippen LogP contribution in [0.5, 0.6) is 5.75 Å². The topological polar surface area (TPSA) is 93.2 Å². The van der Waals surface area contributed by atoms with Crippen molar-refractivity contribution >= 4 is 21.9 Å². The van der Waals surface area contributed by atoms with E-state index in [2.05, 4.69) is 9.74 Å². The summed E-state index contributed by atoms with van der Waals surface area (Å²) in [4.78, 5) is 30.7. The van der Waals surface area contributed by atoms with Crippen molar-refractivity contribution in [3.05, 3.63) is 64.7 Å². The maximum absolute atomic E-state index is 15.3. The Morgan fingerprint density at radius 3 is 2.15 bits per heavy atom. The molecule has 0 atom stereocenters. The maximum atomic E-state index is 15.3. The molecule has 8 nitrogen and oxygen atoms in total. The van der Waals surface area contributed by atoms with Crippen LogP contribution in [0.1, 0.15) is 65.9 Å². The zero-order chi connectivity index (χ0) is 29.5.